The summed E-state index contributed by atoms with van der Waals surface area (Å²) >= 11 is 0. The van der Waals surface area contributed by atoms with Gasteiger partial charge in [-0.3, -0.25) is 0 Å². The maximum absolute atomic E-state index is 12.6. The largest absolute Gasteiger partial charge is 0.358 e. The van der Waals surface area contributed by atoms with Gasteiger partial charge < -0.3 is 10.2 Å². The highest BCUT2D eigenvalue weighted by Gasteiger charge is 2.17. The molecule has 8 heteroatoms. The highest BCUT2D eigenvalue weighted by atomic mass is 19.3. The van der Waals surface area contributed by atoms with Crippen molar-refractivity contribution in [3.8, 4) is 0 Å². The molecule has 3 rings (SSSR count). The Kier molecular flexibility index (Phi) is 4.47. The molecule has 1 N–H and O–H groups in total. The van der Waals surface area contributed by atoms with E-state index in [0.29, 0.717) is 22.9 Å². The highest BCUT2D eigenvalue weighted by molar-refractivity contribution is 5.71. The van der Waals surface area contributed by atoms with Crippen LogP contribution in [0.1, 0.15) is 12.8 Å². The maximum Gasteiger partial charge on any atom is 0.258 e. The van der Waals surface area contributed by atoms with Gasteiger partial charge in [0.1, 0.15) is 17.9 Å². The summed E-state index contributed by atoms with van der Waals surface area (Å²) in [5.41, 5.74) is 0.948. The number of anilines is 1. The van der Waals surface area contributed by atoms with Gasteiger partial charge in [-0.15, -0.1) is 0 Å². The number of hydrogen-bond donors (Lipinski definition) is 1. The summed E-state index contributed by atoms with van der Waals surface area (Å²) < 4.78 is 26.4. The Morgan fingerprint density at radius 1 is 1.45 bits per heavy atom. The SMILES string of the molecule is CN(CC1CCCNC1)c1cnc2cnn(CC(F)F)c2n1. The molecule has 0 aromatic carbocycles. The van der Waals surface area contributed by atoms with Crippen LogP contribution in [-0.4, -0.2) is 52.9 Å². The number of hydrogen-bond acceptors (Lipinski definition) is 5. The van der Waals surface area contributed by atoms with E-state index in [9.17, 15) is 8.78 Å². The number of piperidine rings is 1. The number of halogens is 2. The van der Waals surface area contributed by atoms with Crippen LogP contribution >= 0.6 is 0 Å². The predicted molar refractivity (Wildman–Crippen MR) is 80.2 cm³/mol. The van der Waals surface area contributed by atoms with Crippen molar-refractivity contribution in [3.05, 3.63) is 12.4 Å². The molecule has 1 aliphatic rings. The fraction of sp³-hybridized carbons (Fsp3) is 0.643. The minimum absolute atomic E-state index is 0.409. The van der Waals surface area contributed by atoms with E-state index >= 15 is 0 Å². The van der Waals surface area contributed by atoms with Gasteiger partial charge in [-0.1, -0.05) is 0 Å². The number of aromatic nitrogens is 4. The van der Waals surface area contributed by atoms with Crippen LogP contribution in [0.4, 0.5) is 14.6 Å². The highest BCUT2D eigenvalue weighted by Crippen LogP contribution is 2.18. The number of nitrogens with one attached hydrogen (secondary N) is 1. The van der Waals surface area contributed by atoms with Crippen molar-refractivity contribution in [1.29, 1.82) is 0 Å². The second-order valence-corrected chi connectivity index (χ2v) is 5.75. The monoisotopic (exact) mass is 310 g/mol. The Morgan fingerprint density at radius 2 is 2.32 bits per heavy atom. The molecule has 2 aromatic rings. The summed E-state index contributed by atoms with van der Waals surface area (Å²) in [6.07, 6.45) is 3.06. The molecule has 6 nitrogen and oxygen atoms in total. The second kappa shape index (κ2) is 6.51. The fourth-order valence-corrected chi connectivity index (χ4v) is 2.85. The van der Waals surface area contributed by atoms with Crippen molar-refractivity contribution in [3.63, 3.8) is 0 Å². The third kappa shape index (κ3) is 3.32. The molecule has 0 radical (unpaired) electrons. The molecule has 1 saturated heterocycles. The van der Waals surface area contributed by atoms with Gasteiger partial charge in [0, 0.05) is 13.6 Å². The zero-order valence-electron chi connectivity index (χ0n) is 12.5. The van der Waals surface area contributed by atoms with Crippen LogP contribution in [0, 0.1) is 5.92 Å². The fourth-order valence-electron chi connectivity index (χ4n) is 2.85. The molecular formula is C14H20F2N6. The molecule has 120 valence electrons. The van der Waals surface area contributed by atoms with Crippen molar-refractivity contribution in [2.75, 3.05) is 31.6 Å². The molecule has 2 aromatic heterocycles. The minimum Gasteiger partial charge on any atom is -0.358 e. The van der Waals surface area contributed by atoms with E-state index in [0.717, 1.165) is 19.6 Å². The quantitative estimate of drug-likeness (QED) is 0.907. The summed E-state index contributed by atoms with van der Waals surface area (Å²) in [5.74, 6) is 1.26. The molecule has 1 fully saturated rings. The molecule has 0 spiro atoms. The van der Waals surface area contributed by atoms with E-state index in [1.807, 2.05) is 11.9 Å². The molecular weight excluding hydrogens is 290 g/mol. The van der Waals surface area contributed by atoms with E-state index in [-0.39, 0.29) is 0 Å². The third-order valence-corrected chi connectivity index (χ3v) is 3.97. The Bertz CT molecular complexity index is 623. The Morgan fingerprint density at radius 3 is 3.05 bits per heavy atom. The Balaban J connectivity index is 1.77. The van der Waals surface area contributed by atoms with Crippen LogP contribution in [-0.2, 0) is 6.54 Å². The van der Waals surface area contributed by atoms with E-state index in [4.69, 9.17) is 0 Å². The summed E-state index contributed by atoms with van der Waals surface area (Å²) in [4.78, 5) is 10.8. The van der Waals surface area contributed by atoms with Crippen LogP contribution in [0.15, 0.2) is 12.4 Å². The lowest BCUT2D eigenvalue weighted by Gasteiger charge is -2.28. The van der Waals surface area contributed by atoms with Gasteiger partial charge in [0.25, 0.3) is 6.43 Å². The lowest BCUT2D eigenvalue weighted by Crippen LogP contribution is -2.37. The number of nitrogens with zero attached hydrogens (tertiary/aromatic N) is 5. The molecule has 0 amide bonds. The van der Waals surface area contributed by atoms with Gasteiger partial charge in [0.05, 0.1) is 12.4 Å². The molecule has 3 heterocycles. The van der Waals surface area contributed by atoms with Crippen LogP contribution in [0.3, 0.4) is 0 Å². The first-order valence-electron chi connectivity index (χ1n) is 7.52. The van der Waals surface area contributed by atoms with Crippen LogP contribution in [0.2, 0.25) is 0 Å². The molecule has 0 bridgehead atoms. The van der Waals surface area contributed by atoms with Crippen molar-refractivity contribution in [2.24, 2.45) is 5.92 Å². The topological polar surface area (TPSA) is 58.9 Å². The molecule has 1 unspecified atom stereocenters. The van der Waals surface area contributed by atoms with Gasteiger partial charge in [-0.05, 0) is 31.8 Å². The van der Waals surface area contributed by atoms with E-state index in [2.05, 4.69) is 20.4 Å². The van der Waals surface area contributed by atoms with Crippen molar-refractivity contribution < 1.29 is 8.78 Å². The van der Waals surface area contributed by atoms with E-state index < -0.39 is 13.0 Å². The summed E-state index contributed by atoms with van der Waals surface area (Å²) in [5, 5.41) is 7.32. The maximum atomic E-state index is 12.6. The minimum atomic E-state index is -2.46. The van der Waals surface area contributed by atoms with E-state index in [1.165, 1.54) is 23.7 Å². The second-order valence-electron chi connectivity index (χ2n) is 5.75. The summed E-state index contributed by atoms with van der Waals surface area (Å²) in [6.45, 7) is 2.50. The average molecular weight is 310 g/mol. The predicted octanol–water partition coefficient (Wildman–Crippen LogP) is 1.53. The summed E-state index contributed by atoms with van der Waals surface area (Å²) in [6, 6.07) is 0. The van der Waals surface area contributed by atoms with Crippen LogP contribution in [0.5, 0.6) is 0 Å². The van der Waals surface area contributed by atoms with Gasteiger partial charge >= 0.3 is 0 Å². The van der Waals surface area contributed by atoms with Gasteiger partial charge in [0.15, 0.2) is 5.65 Å². The van der Waals surface area contributed by atoms with Crippen LogP contribution in [0.25, 0.3) is 11.2 Å². The average Bonchev–Trinajstić information content (AvgIpc) is 2.90. The van der Waals surface area contributed by atoms with Gasteiger partial charge in [-0.25, -0.2) is 23.4 Å². The molecule has 1 aliphatic heterocycles. The normalized spacial score (nSPS) is 19.0. The first-order chi connectivity index (χ1) is 10.6. The van der Waals surface area contributed by atoms with Gasteiger partial charge in [-0.2, -0.15) is 5.10 Å². The Labute approximate surface area is 127 Å². The van der Waals surface area contributed by atoms with Crippen molar-refractivity contribution >= 4 is 17.0 Å². The summed E-state index contributed by atoms with van der Waals surface area (Å²) in [7, 11) is 1.96. The van der Waals surface area contributed by atoms with Gasteiger partial charge in [0.2, 0.25) is 0 Å². The smallest absolute Gasteiger partial charge is 0.258 e. The number of fused-ring (bicyclic) bond motifs is 1. The first kappa shape index (κ1) is 15.1. The molecule has 1 atom stereocenters. The third-order valence-electron chi connectivity index (χ3n) is 3.97. The zero-order chi connectivity index (χ0) is 15.5. The first-order valence-corrected chi connectivity index (χ1v) is 7.52. The van der Waals surface area contributed by atoms with Crippen LogP contribution < -0.4 is 10.2 Å². The van der Waals surface area contributed by atoms with Crippen molar-refractivity contribution in [1.82, 2.24) is 25.1 Å². The number of rotatable bonds is 5. The lowest BCUT2D eigenvalue weighted by atomic mass is 9.99. The molecule has 0 aliphatic carbocycles. The molecule has 22 heavy (non-hydrogen) atoms. The lowest BCUT2D eigenvalue weighted by molar-refractivity contribution is 0.123. The molecule has 0 saturated carbocycles. The Hall–Kier alpha value is -1.83. The zero-order valence-corrected chi connectivity index (χ0v) is 12.5. The van der Waals surface area contributed by atoms with E-state index in [1.54, 1.807) is 6.20 Å². The van der Waals surface area contributed by atoms with Crippen molar-refractivity contribution in [2.45, 2.75) is 25.8 Å². The number of alkyl halides is 2. The standard InChI is InChI=1S/C14H20F2N6/c1-21(8-10-3-2-4-17-5-10)13-7-18-11-6-19-22(9-12(15)16)14(11)20-13/h6-7,10,12,17H,2-5,8-9H2,1H3.